The molecule has 1 aromatic carbocycles. The first kappa shape index (κ1) is 15.9. The molecule has 19 heavy (non-hydrogen) atoms. The van der Waals surface area contributed by atoms with Crippen molar-refractivity contribution in [3.05, 3.63) is 35.4 Å². The fourth-order valence-electron chi connectivity index (χ4n) is 1.94. The zero-order chi connectivity index (χ0) is 14.6. The molecular formula is C18H28O. The molecule has 1 aromatic rings. The second-order valence-corrected chi connectivity index (χ2v) is 6.83. The van der Waals surface area contributed by atoms with Crippen LogP contribution in [0, 0.1) is 11.3 Å². The minimum atomic E-state index is 0.187. The van der Waals surface area contributed by atoms with Crippen LogP contribution in [0.3, 0.4) is 0 Å². The first-order valence-electron chi connectivity index (χ1n) is 7.38. The third-order valence-corrected chi connectivity index (χ3v) is 4.38. The van der Waals surface area contributed by atoms with Gasteiger partial charge in [-0.3, -0.25) is 4.79 Å². The normalized spacial score (nSPS) is 15.1. The molecule has 0 aliphatic rings. The van der Waals surface area contributed by atoms with Gasteiger partial charge in [0.25, 0.3) is 0 Å². The Morgan fingerprint density at radius 3 is 2.05 bits per heavy atom. The Morgan fingerprint density at radius 1 is 1.11 bits per heavy atom. The van der Waals surface area contributed by atoms with Gasteiger partial charge in [-0.2, -0.15) is 0 Å². The quantitative estimate of drug-likeness (QED) is 0.643. The molecular weight excluding hydrogens is 232 g/mol. The Balaban J connectivity index is 2.73. The zero-order valence-electron chi connectivity index (χ0n) is 13.3. The SMILES string of the molecule is CCC(C)c1ccc(C(=O)CC(C)C(C)(C)C)cc1. The minimum absolute atomic E-state index is 0.187. The van der Waals surface area contributed by atoms with Gasteiger partial charge in [0, 0.05) is 12.0 Å². The summed E-state index contributed by atoms with van der Waals surface area (Å²) in [5, 5.41) is 0. The third kappa shape index (κ3) is 4.49. The number of hydrogen-bond donors (Lipinski definition) is 0. The molecule has 0 spiro atoms. The van der Waals surface area contributed by atoms with E-state index in [4.69, 9.17) is 0 Å². The Bertz CT molecular complexity index is 408. The molecule has 0 bridgehead atoms. The van der Waals surface area contributed by atoms with Crippen molar-refractivity contribution in [2.75, 3.05) is 0 Å². The second-order valence-electron chi connectivity index (χ2n) is 6.83. The lowest BCUT2D eigenvalue weighted by atomic mass is 9.78. The largest absolute Gasteiger partial charge is 0.294 e. The Labute approximate surface area is 118 Å². The van der Waals surface area contributed by atoms with Gasteiger partial charge in [0.2, 0.25) is 0 Å². The van der Waals surface area contributed by atoms with Crippen molar-refractivity contribution < 1.29 is 4.79 Å². The number of rotatable bonds is 5. The van der Waals surface area contributed by atoms with Crippen LogP contribution in [0.2, 0.25) is 0 Å². The maximum atomic E-state index is 12.3. The summed E-state index contributed by atoms with van der Waals surface area (Å²) in [6.07, 6.45) is 1.76. The summed E-state index contributed by atoms with van der Waals surface area (Å²) < 4.78 is 0. The van der Waals surface area contributed by atoms with Gasteiger partial charge in [0.05, 0.1) is 0 Å². The second kappa shape index (κ2) is 6.36. The van der Waals surface area contributed by atoms with Crippen molar-refractivity contribution in [1.29, 1.82) is 0 Å². The molecule has 0 saturated heterocycles. The van der Waals surface area contributed by atoms with E-state index in [-0.39, 0.29) is 11.2 Å². The zero-order valence-corrected chi connectivity index (χ0v) is 13.3. The van der Waals surface area contributed by atoms with E-state index in [9.17, 15) is 4.79 Å². The van der Waals surface area contributed by atoms with Crippen LogP contribution < -0.4 is 0 Å². The van der Waals surface area contributed by atoms with E-state index < -0.39 is 0 Å². The molecule has 0 heterocycles. The predicted octanol–water partition coefficient (Wildman–Crippen LogP) is 5.46. The highest BCUT2D eigenvalue weighted by atomic mass is 16.1. The van der Waals surface area contributed by atoms with Gasteiger partial charge in [-0.25, -0.2) is 0 Å². The number of carbonyl (C=O) groups is 1. The fraction of sp³-hybridized carbons (Fsp3) is 0.611. The van der Waals surface area contributed by atoms with Gasteiger partial charge in [0.1, 0.15) is 0 Å². The summed E-state index contributed by atoms with van der Waals surface area (Å²) in [7, 11) is 0. The van der Waals surface area contributed by atoms with Gasteiger partial charge < -0.3 is 0 Å². The van der Waals surface area contributed by atoms with Crippen LogP contribution in [0.4, 0.5) is 0 Å². The van der Waals surface area contributed by atoms with E-state index in [1.54, 1.807) is 0 Å². The molecule has 2 atom stereocenters. The molecule has 1 nitrogen and oxygen atoms in total. The number of hydrogen-bond acceptors (Lipinski definition) is 1. The van der Waals surface area contributed by atoms with E-state index in [2.05, 4.69) is 53.7 Å². The van der Waals surface area contributed by atoms with E-state index in [1.807, 2.05) is 12.1 Å². The monoisotopic (exact) mass is 260 g/mol. The van der Waals surface area contributed by atoms with Crippen LogP contribution in [-0.2, 0) is 0 Å². The van der Waals surface area contributed by atoms with E-state index >= 15 is 0 Å². The van der Waals surface area contributed by atoms with E-state index in [0.29, 0.717) is 18.3 Å². The predicted molar refractivity (Wildman–Crippen MR) is 82.7 cm³/mol. The van der Waals surface area contributed by atoms with Crippen molar-refractivity contribution in [2.45, 2.75) is 60.3 Å². The van der Waals surface area contributed by atoms with Gasteiger partial charge >= 0.3 is 0 Å². The van der Waals surface area contributed by atoms with E-state index in [1.165, 1.54) is 5.56 Å². The van der Waals surface area contributed by atoms with Crippen molar-refractivity contribution >= 4 is 5.78 Å². The van der Waals surface area contributed by atoms with Crippen LogP contribution in [0.5, 0.6) is 0 Å². The molecule has 0 saturated carbocycles. The molecule has 0 aromatic heterocycles. The fourth-order valence-corrected chi connectivity index (χ4v) is 1.94. The topological polar surface area (TPSA) is 17.1 Å². The van der Waals surface area contributed by atoms with Crippen LogP contribution >= 0.6 is 0 Å². The van der Waals surface area contributed by atoms with Crippen LogP contribution in [0.25, 0.3) is 0 Å². The minimum Gasteiger partial charge on any atom is -0.294 e. The average molecular weight is 260 g/mol. The Morgan fingerprint density at radius 2 is 1.63 bits per heavy atom. The molecule has 0 fully saturated rings. The molecule has 1 rings (SSSR count). The van der Waals surface area contributed by atoms with Crippen LogP contribution in [0.1, 0.15) is 76.2 Å². The summed E-state index contributed by atoms with van der Waals surface area (Å²) in [4.78, 5) is 12.3. The molecule has 106 valence electrons. The summed E-state index contributed by atoms with van der Waals surface area (Å²) >= 11 is 0. The standard InChI is InChI=1S/C18H28O/c1-7-13(2)15-8-10-16(11-9-15)17(19)12-14(3)18(4,5)6/h8-11,13-14H,7,12H2,1-6H3. The number of benzene rings is 1. The first-order valence-corrected chi connectivity index (χ1v) is 7.38. The van der Waals surface area contributed by atoms with Crippen LogP contribution in [0.15, 0.2) is 24.3 Å². The van der Waals surface area contributed by atoms with Crippen LogP contribution in [-0.4, -0.2) is 5.78 Å². The van der Waals surface area contributed by atoms with Crippen molar-refractivity contribution in [3.63, 3.8) is 0 Å². The van der Waals surface area contributed by atoms with Crippen molar-refractivity contribution in [1.82, 2.24) is 0 Å². The first-order chi connectivity index (χ1) is 8.75. The summed E-state index contributed by atoms with van der Waals surface area (Å²) in [5.41, 5.74) is 2.36. The smallest absolute Gasteiger partial charge is 0.163 e. The highest BCUT2D eigenvalue weighted by Crippen LogP contribution is 2.29. The molecule has 0 aliphatic carbocycles. The van der Waals surface area contributed by atoms with E-state index in [0.717, 1.165) is 12.0 Å². The maximum absolute atomic E-state index is 12.3. The Hall–Kier alpha value is -1.11. The lowest BCUT2D eigenvalue weighted by molar-refractivity contribution is 0.0927. The van der Waals surface area contributed by atoms with Gasteiger partial charge in [0.15, 0.2) is 5.78 Å². The lowest BCUT2D eigenvalue weighted by Crippen LogP contribution is -2.20. The number of ketones is 1. The number of carbonyl (C=O) groups excluding carboxylic acids is 1. The average Bonchev–Trinajstić information content (AvgIpc) is 2.36. The summed E-state index contributed by atoms with van der Waals surface area (Å²) in [6, 6.07) is 8.17. The molecule has 0 amide bonds. The third-order valence-electron chi connectivity index (χ3n) is 4.38. The molecule has 0 N–H and O–H groups in total. The van der Waals surface area contributed by atoms with Crippen molar-refractivity contribution in [3.8, 4) is 0 Å². The Kier molecular flexibility index (Phi) is 5.34. The molecule has 1 heteroatoms. The number of Topliss-reactive ketones (excluding diaryl/α,β-unsaturated/α-hetero) is 1. The highest BCUT2D eigenvalue weighted by Gasteiger charge is 2.23. The highest BCUT2D eigenvalue weighted by molar-refractivity contribution is 5.96. The van der Waals surface area contributed by atoms with Crippen molar-refractivity contribution in [2.24, 2.45) is 11.3 Å². The van der Waals surface area contributed by atoms with Gasteiger partial charge in [-0.05, 0) is 29.2 Å². The summed E-state index contributed by atoms with van der Waals surface area (Å²) in [6.45, 7) is 13.1. The van der Waals surface area contributed by atoms with Gasteiger partial charge in [-0.15, -0.1) is 0 Å². The van der Waals surface area contributed by atoms with Gasteiger partial charge in [-0.1, -0.05) is 65.8 Å². The summed E-state index contributed by atoms with van der Waals surface area (Å²) in [5.74, 6) is 1.23. The molecule has 0 radical (unpaired) electrons. The lowest BCUT2D eigenvalue weighted by Gasteiger charge is -2.26. The maximum Gasteiger partial charge on any atom is 0.163 e. The molecule has 0 aliphatic heterocycles. The molecule has 2 unspecified atom stereocenters.